The van der Waals surface area contributed by atoms with Gasteiger partial charge in [-0.3, -0.25) is 4.79 Å². The third-order valence-corrected chi connectivity index (χ3v) is 7.35. The van der Waals surface area contributed by atoms with E-state index in [1.807, 2.05) is 0 Å². The molecule has 2 N–H and O–H groups in total. The van der Waals surface area contributed by atoms with Gasteiger partial charge in [0, 0.05) is 30.0 Å². The normalized spacial score (nSPS) is 13.6. The molecular weight excluding hydrogens is 505 g/mol. The number of nitrogens with two attached hydrogens (primary N) is 1. The summed E-state index contributed by atoms with van der Waals surface area (Å²) < 4.78 is 39.1. The predicted octanol–water partition coefficient (Wildman–Crippen LogP) is 4.53. The van der Waals surface area contributed by atoms with Crippen molar-refractivity contribution < 1.29 is 17.6 Å². The number of pyridine rings is 1. The van der Waals surface area contributed by atoms with Crippen LogP contribution >= 0.6 is 11.6 Å². The fraction of sp³-hybridized carbons (Fsp3) is 0.200. The van der Waals surface area contributed by atoms with Crippen LogP contribution in [0, 0.1) is 5.82 Å². The van der Waals surface area contributed by atoms with Crippen molar-refractivity contribution in [3.63, 3.8) is 0 Å². The highest BCUT2D eigenvalue weighted by molar-refractivity contribution is 7.90. The molecular formula is C25H21ClFN5O3S. The van der Waals surface area contributed by atoms with E-state index in [1.165, 1.54) is 23.4 Å². The number of amides is 1. The first-order valence-corrected chi connectivity index (χ1v) is 13.3. The van der Waals surface area contributed by atoms with Crippen molar-refractivity contribution >= 4 is 49.8 Å². The number of fused-ring (bicyclic) bond motifs is 1. The largest absolute Gasteiger partial charge is 0.382 e. The molecule has 11 heteroatoms. The molecule has 36 heavy (non-hydrogen) atoms. The highest BCUT2D eigenvalue weighted by atomic mass is 35.5. The van der Waals surface area contributed by atoms with Gasteiger partial charge in [0.1, 0.15) is 17.5 Å². The van der Waals surface area contributed by atoms with Crippen LogP contribution in [0.3, 0.4) is 0 Å². The highest BCUT2D eigenvalue weighted by Gasteiger charge is 2.28. The third kappa shape index (κ3) is 4.87. The van der Waals surface area contributed by atoms with Crippen LogP contribution in [0.5, 0.6) is 0 Å². The molecule has 0 radical (unpaired) electrons. The Hall–Kier alpha value is -3.63. The van der Waals surface area contributed by atoms with Crippen molar-refractivity contribution in [3.8, 4) is 0 Å². The lowest BCUT2D eigenvalue weighted by atomic mass is 10.1. The Labute approximate surface area is 211 Å². The molecule has 1 aliphatic rings. The molecule has 5 rings (SSSR count). The van der Waals surface area contributed by atoms with Crippen LogP contribution in [0.1, 0.15) is 40.5 Å². The van der Waals surface area contributed by atoms with Crippen LogP contribution in [-0.4, -0.2) is 35.5 Å². The van der Waals surface area contributed by atoms with Crippen molar-refractivity contribution in [1.29, 1.82) is 0 Å². The standard InChI is InChI=1S/C25H21ClFN5O3S/c1-36(34,35)22-10-18(27)6-7-21(22)32(25(33)17-11-29-24(30-12-17)15-4-5-15)13-14-2-3-16-9-19(26)23(28)31-20(16)8-14/h2-3,6-12,15H,4-5,13H2,1H3,(H2,28,31). The van der Waals surface area contributed by atoms with E-state index in [0.717, 1.165) is 36.6 Å². The number of sulfone groups is 1. The minimum absolute atomic E-state index is 0.0302. The lowest BCUT2D eigenvalue weighted by Gasteiger charge is -2.25. The van der Waals surface area contributed by atoms with Gasteiger partial charge in [0.2, 0.25) is 0 Å². The van der Waals surface area contributed by atoms with Gasteiger partial charge in [-0.05, 0) is 48.7 Å². The zero-order chi connectivity index (χ0) is 25.6. The first kappa shape index (κ1) is 24.1. The summed E-state index contributed by atoms with van der Waals surface area (Å²) in [6, 6.07) is 10.3. The fourth-order valence-corrected chi connectivity index (χ4v) is 4.96. The van der Waals surface area contributed by atoms with Gasteiger partial charge in [0.25, 0.3) is 5.91 Å². The lowest BCUT2D eigenvalue weighted by molar-refractivity contribution is 0.0984. The van der Waals surface area contributed by atoms with E-state index in [-0.39, 0.29) is 28.5 Å². The van der Waals surface area contributed by atoms with Crippen molar-refractivity contribution in [1.82, 2.24) is 15.0 Å². The number of nitrogen functional groups attached to an aromatic ring is 1. The van der Waals surface area contributed by atoms with Crippen molar-refractivity contribution in [2.45, 2.75) is 30.2 Å². The summed E-state index contributed by atoms with van der Waals surface area (Å²) in [7, 11) is -3.87. The second-order valence-corrected chi connectivity index (χ2v) is 11.2. The van der Waals surface area contributed by atoms with Crippen molar-refractivity contribution in [2.75, 3.05) is 16.9 Å². The smallest absolute Gasteiger partial charge is 0.261 e. The molecule has 2 aromatic heterocycles. The lowest BCUT2D eigenvalue weighted by Crippen LogP contribution is -2.32. The summed E-state index contributed by atoms with van der Waals surface area (Å²) in [6.07, 6.45) is 5.86. The Morgan fingerprint density at radius 1 is 1.14 bits per heavy atom. The second kappa shape index (κ2) is 9.11. The summed E-state index contributed by atoms with van der Waals surface area (Å²) in [5.74, 6) is -0.109. The van der Waals surface area contributed by atoms with Gasteiger partial charge in [-0.25, -0.2) is 27.8 Å². The van der Waals surface area contributed by atoms with Crippen LogP contribution in [0.25, 0.3) is 10.9 Å². The average Bonchev–Trinajstić information content (AvgIpc) is 3.68. The Kier molecular flexibility index (Phi) is 6.09. The number of carbonyl (C=O) groups is 1. The zero-order valence-electron chi connectivity index (χ0n) is 19.1. The van der Waals surface area contributed by atoms with Gasteiger partial charge >= 0.3 is 0 Å². The number of hydrogen-bond acceptors (Lipinski definition) is 7. The number of carbonyl (C=O) groups excluding carboxylic acids is 1. The van der Waals surface area contributed by atoms with Crippen molar-refractivity contribution in [3.05, 3.63) is 82.6 Å². The Morgan fingerprint density at radius 2 is 1.86 bits per heavy atom. The maximum Gasteiger partial charge on any atom is 0.261 e. The predicted molar refractivity (Wildman–Crippen MR) is 135 cm³/mol. The van der Waals surface area contributed by atoms with Gasteiger partial charge in [-0.2, -0.15) is 0 Å². The van der Waals surface area contributed by atoms with Crippen LogP contribution < -0.4 is 10.6 Å². The summed E-state index contributed by atoms with van der Waals surface area (Å²) in [5.41, 5.74) is 7.27. The molecule has 2 heterocycles. The van der Waals surface area contributed by atoms with Crippen LogP contribution in [-0.2, 0) is 16.4 Å². The summed E-state index contributed by atoms with van der Waals surface area (Å²) >= 11 is 6.07. The van der Waals surface area contributed by atoms with E-state index in [2.05, 4.69) is 15.0 Å². The molecule has 1 saturated carbocycles. The Morgan fingerprint density at radius 3 is 2.53 bits per heavy atom. The Bertz CT molecular complexity index is 1610. The molecule has 8 nitrogen and oxygen atoms in total. The number of rotatable bonds is 6. The SMILES string of the molecule is CS(=O)(=O)c1cc(F)ccc1N(Cc1ccc2cc(Cl)c(N)nc2c1)C(=O)c1cnc(C2CC2)nc1. The number of nitrogens with zero attached hydrogens (tertiary/aromatic N) is 4. The first-order valence-electron chi connectivity index (χ1n) is 11.1. The fourth-order valence-electron chi connectivity index (χ4n) is 3.91. The highest BCUT2D eigenvalue weighted by Crippen LogP contribution is 2.37. The van der Waals surface area contributed by atoms with E-state index in [4.69, 9.17) is 17.3 Å². The van der Waals surface area contributed by atoms with E-state index in [1.54, 1.807) is 24.3 Å². The van der Waals surface area contributed by atoms with E-state index < -0.39 is 21.6 Å². The van der Waals surface area contributed by atoms with Crippen LogP contribution in [0.2, 0.25) is 5.02 Å². The van der Waals surface area contributed by atoms with Crippen LogP contribution in [0.15, 0.2) is 59.8 Å². The molecule has 0 bridgehead atoms. The number of anilines is 2. The van der Waals surface area contributed by atoms with Gasteiger partial charge < -0.3 is 10.6 Å². The third-order valence-electron chi connectivity index (χ3n) is 5.92. The summed E-state index contributed by atoms with van der Waals surface area (Å²) in [6.45, 7) is -0.0302. The van der Waals surface area contributed by atoms with Crippen molar-refractivity contribution in [2.24, 2.45) is 0 Å². The summed E-state index contributed by atoms with van der Waals surface area (Å²) in [4.78, 5) is 27.6. The molecule has 0 atom stereocenters. The zero-order valence-corrected chi connectivity index (χ0v) is 20.7. The first-order chi connectivity index (χ1) is 17.1. The minimum atomic E-state index is -3.87. The van der Waals surface area contributed by atoms with E-state index in [9.17, 15) is 17.6 Å². The maximum atomic E-state index is 14.0. The van der Waals surface area contributed by atoms with Gasteiger partial charge in [0.15, 0.2) is 9.84 Å². The molecule has 0 spiro atoms. The summed E-state index contributed by atoms with van der Waals surface area (Å²) in [5, 5.41) is 1.07. The van der Waals surface area contributed by atoms with E-state index in [0.29, 0.717) is 27.8 Å². The second-order valence-electron chi connectivity index (χ2n) is 8.76. The van der Waals surface area contributed by atoms with E-state index >= 15 is 0 Å². The number of halogens is 2. The topological polar surface area (TPSA) is 119 Å². The molecule has 1 amide bonds. The number of benzene rings is 2. The minimum Gasteiger partial charge on any atom is -0.382 e. The molecule has 1 aliphatic carbocycles. The maximum absolute atomic E-state index is 14.0. The Balaban J connectivity index is 1.60. The molecule has 1 fully saturated rings. The molecule has 0 unspecified atom stereocenters. The van der Waals surface area contributed by atoms with Gasteiger partial charge in [0.05, 0.1) is 33.2 Å². The van der Waals surface area contributed by atoms with Gasteiger partial charge in [-0.15, -0.1) is 0 Å². The monoisotopic (exact) mass is 525 g/mol. The van der Waals surface area contributed by atoms with Gasteiger partial charge in [-0.1, -0.05) is 23.7 Å². The molecule has 2 aromatic carbocycles. The molecule has 0 saturated heterocycles. The van der Waals surface area contributed by atoms with Crippen LogP contribution in [0.4, 0.5) is 15.9 Å². The molecule has 184 valence electrons. The molecule has 4 aromatic rings. The quantitative estimate of drug-likeness (QED) is 0.393. The molecule has 0 aliphatic heterocycles. The average molecular weight is 526 g/mol. The number of aromatic nitrogens is 3. The number of hydrogen-bond donors (Lipinski definition) is 1.